The molecule has 0 unspecified atom stereocenters. The lowest BCUT2D eigenvalue weighted by Crippen LogP contribution is -2.41. The molecule has 0 atom stereocenters. The van der Waals surface area contributed by atoms with Gasteiger partial charge in [-0.2, -0.15) is 4.31 Å². The van der Waals surface area contributed by atoms with E-state index in [0.29, 0.717) is 18.5 Å². The van der Waals surface area contributed by atoms with Crippen molar-refractivity contribution in [1.29, 1.82) is 0 Å². The lowest BCUT2D eigenvalue weighted by Gasteiger charge is -2.30. The number of aryl methyl sites for hydroxylation is 1. The molecule has 1 aliphatic heterocycles. The van der Waals surface area contributed by atoms with Crippen LogP contribution in [-0.4, -0.2) is 36.6 Å². The molecule has 28 heavy (non-hydrogen) atoms. The number of benzene rings is 1. The summed E-state index contributed by atoms with van der Waals surface area (Å²) in [7, 11) is -3.56. The second-order valence-electron chi connectivity index (χ2n) is 6.48. The van der Waals surface area contributed by atoms with Crippen LogP contribution >= 0.6 is 27.3 Å². The van der Waals surface area contributed by atoms with E-state index >= 15 is 0 Å². The summed E-state index contributed by atoms with van der Waals surface area (Å²) in [6.45, 7) is 2.27. The molecule has 1 aromatic carbocycles. The van der Waals surface area contributed by atoms with Crippen molar-refractivity contribution in [3.8, 4) is 0 Å². The Morgan fingerprint density at radius 3 is 2.54 bits per heavy atom. The molecule has 150 valence electrons. The van der Waals surface area contributed by atoms with Gasteiger partial charge in [-0.1, -0.05) is 6.07 Å². The minimum Gasteiger partial charge on any atom is -0.325 e. The average Bonchev–Trinajstić information content (AvgIpc) is 3.10. The van der Waals surface area contributed by atoms with Gasteiger partial charge in [-0.15, -0.1) is 11.3 Å². The van der Waals surface area contributed by atoms with E-state index in [9.17, 15) is 23.3 Å². The molecular weight excluding hydrogens is 470 g/mol. The van der Waals surface area contributed by atoms with E-state index in [1.807, 2.05) is 0 Å². The first-order chi connectivity index (χ1) is 13.2. The lowest BCUT2D eigenvalue weighted by molar-refractivity contribution is -0.384. The minimum atomic E-state index is -3.56. The van der Waals surface area contributed by atoms with Gasteiger partial charge in [0.15, 0.2) is 0 Å². The molecule has 0 spiro atoms. The highest BCUT2D eigenvalue weighted by Gasteiger charge is 2.33. The molecule has 11 heteroatoms. The van der Waals surface area contributed by atoms with E-state index in [0.717, 1.165) is 20.7 Å². The second-order valence-corrected chi connectivity index (χ2v) is 11.1. The molecule has 0 radical (unpaired) electrons. The van der Waals surface area contributed by atoms with Crippen LogP contribution in [0.4, 0.5) is 11.4 Å². The number of anilines is 1. The van der Waals surface area contributed by atoms with E-state index in [-0.39, 0.29) is 34.8 Å². The maximum Gasteiger partial charge on any atom is 0.271 e. The van der Waals surface area contributed by atoms with Crippen molar-refractivity contribution in [2.45, 2.75) is 24.0 Å². The van der Waals surface area contributed by atoms with Gasteiger partial charge in [-0.25, -0.2) is 8.42 Å². The Morgan fingerprint density at radius 1 is 1.29 bits per heavy atom. The number of rotatable bonds is 5. The molecule has 2 aromatic rings. The minimum absolute atomic E-state index is 0.0936. The Bertz CT molecular complexity index is 1010. The number of nitro groups is 1. The molecule has 1 N–H and O–H groups in total. The number of nitrogens with zero attached hydrogens (tertiary/aromatic N) is 2. The molecule has 0 aliphatic carbocycles. The first-order valence-electron chi connectivity index (χ1n) is 8.50. The number of halogens is 1. The number of sulfonamides is 1. The summed E-state index contributed by atoms with van der Waals surface area (Å²) >= 11 is 4.42. The number of nitrogens with one attached hydrogen (secondary N) is 1. The fourth-order valence-corrected chi connectivity index (χ4v) is 6.65. The number of nitro benzene ring substituents is 1. The van der Waals surface area contributed by atoms with E-state index in [1.165, 1.54) is 16.4 Å². The summed E-state index contributed by atoms with van der Waals surface area (Å²) in [6, 6.07) is 7.56. The standard InChI is InChI=1S/C17H18BrN3O5S2/c1-11-2-3-13(21(23)24)10-14(11)19-17(22)12-6-8-20(9-7-12)28(25,26)16-5-4-15(18)27-16/h2-5,10,12H,6-9H2,1H3,(H,19,22). The van der Waals surface area contributed by atoms with E-state index in [4.69, 9.17) is 0 Å². The molecule has 1 aliphatic rings. The number of non-ortho nitro benzene ring substituents is 1. The van der Waals surface area contributed by atoms with Gasteiger partial charge >= 0.3 is 0 Å². The van der Waals surface area contributed by atoms with Crippen LogP contribution < -0.4 is 5.32 Å². The van der Waals surface area contributed by atoms with Gasteiger partial charge in [0, 0.05) is 31.1 Å². The van der Waals surface area contributed by atoms with Gasteiger partial charge < -0.3 is 5.32 Å². The highest BCUT2D eigenvalue weighted by Crippen LogP contribution is 2.31. The molecule has 8 nitrogen and oxygen atoms in total. The summed E-state index contributed by atoms with van der Waals surface area (Å²) < 4.78 is 27.7. The van der Waals surface area contributed by atoms with Crippen LogP contribution in [0.15, 0.2) is 38.3 Å². The highest BCUT2D eigenvalue weighted by atomic mass is 79.9. The zero-order chi connectivity index (χ0) is 20.5. The van der Waals surface area contributed by atoms with Gasteiger partial charge in [0.1, 0.15) is 4.21 Å². The van der Waals surface area contributed by atoms with E-state index in [2.05, 4.69) is 21.2 Å². The molecule has 0 bridgehead atoms. The Labute approximate surface area is 174 Å². The molecule has 1 fully saturated rings. The van der Waals surface area contributed by atoms with Crippen molar-refractivity contribution in [2.24, 2.45) is 5.92 Å². The van der Waals surface area contributed by atoms with Gasteiger partial charge in [0.25, 0.3) is 15.7 Å². The van der Waals surface area contributed by atoms with Gasteiger partial charge in [-0.05, 0) is 53.4 Å². The summed E-state index contributed by atoms with van der Waals surface area (Å²) in [5.41, 5.74) is 1.03. The number of carbonyl (C=O) groups excluding carboxylic acids is 1. The number of thiophene rings is 1. The molecule has 0 saturated carbocycles. The highest BCUT2D eigenvalue weighted by molar-refractivity contribution is 9.11. The van der Waals surface area contributed by atoms with Crippen molar-refractivity contribution >= 4 is 54.6 Å². The fourth-order valence-electron chi connectivity index (χ4n) is 3.01. The van der Waals surface area contributed by atoms with Crippen LogP contribution in [0.1, 0.15) is 18.4 Å². The van der Waals surface area contributed by atoms with Gasteiger partial charge in [0.2, 0.25) is 5.91 Å². The predicted octanol–water partition coefficient (Wildman–Crippen LogP) is 3.77. The third-order valence-corrected chi connectivity index (χ3v) is 8.65. The number of hydrogen-bond donors (Lipinski definition) is 1. The number of amides is 1. The van der Waals surface area contributed by atoms with E-state index in [1.54, 1.807) is 25.1 Å². The van der Waals surface area contributed by atoms with Crippen LogP contribution in [0, 0.1) is 23.0 Å². The molecular formula is C17H18BrN3O5S2. The van der Waals surface area contributed by atoms with E-state index < -0.39 is 14.9 Å². The quantitative estimate of drug-likeness (QED) is 0.509. The summed E-state index contributed by atoms with van der Waals surface area (Å²) in [4.78, 5) is 23.0. The Morgan fingerprint density at radius 2 is 1.96 bits per heavy atom. The summed E-state index contributed by atoms with van der Waals surface area (Å²) in [5.74, 6) is -0.598. The largest absolute Gasteiger partial charge is 0.325 e. The normalized spacial score (nSPS) is 16.1. The van der Waals surface area contributed by atoms with Crippen LogP contribution in [-0.2, 0) is 14.8 Å². The maximum absolute atomic E-state index is 12.7. The molecule has 1 saturated heterocycles. The van der Waals surface area contributed by atoms with Crippen LogP contribution in [0.2, 0.25) is 0 Å². The van der Waals surface area contributed by atoms with Gasteiger partial charge in [0.05, 0.1) is 14.4 Å². The van der Waals surface area contributed by atoms with Crippen molar-refractivity contribution in [3.05, 3.63) is 49.8 Å². The SMILES string of the molecule is Cc1ccc([N+](=O)[O-])cc1NC(=O)C1CCN(S(=O)(=O)c2ccc(Br)s2)CC1. The second kappa shape index (κ2) is 8.27. The van der Waals surface area contributed by atoms with Crippen LogP contribution in [0.3, 0.4) is 0 Å². The third kappa shape index (κ3) is 4.43. The number of piperidine rings is 1. The Balaban J connectivity index is 1.64. The Hall–Kier alpha value is -1.82. The Kier molecular flexibility index (Phi) is 6.18. The molecule has 3 rings (SSSR count). The lowest BCUT2D eigenvalue weighted by atomic mass is 9.97. The molecule has 1 aromatic heterocycles. The van der Waals surface area contributed by atoms with Gasteiger partial charge in [-0.3, -0.25) is 14.9 Å². The van der Waals surface area contributed by atoms with Crippen molar-refractivity contribution in [3.63, 3.8) is 0 Å². The van der Waals surface area contributed by atoms with Crippen LogP contribution in [0.5, 0.6) is 0 Å². The van der Waals surface area contributed by atoms with Crippen LogP contribution in [0.25, 0.3) is 0 Å². The molecule has 1 amide bonds. The average molecular weight is 488 g/mol. The zero-order valence-corrected chi connectivity index (χ0v) is 18.1. The topological polar surface area (TPSA) is 110 Å². The van der Waals surface area contributed by atoms with Crippen molar-refractivity contribution in [2.75, 3.05) is 18.4 Å². The zero-order valence-electron chi connectivity index (χ0n) is 14.9. The number of hydrogen-bond acceptors (Lipinski definition) is 6. The molecule has 2 heterocycles. The first-order valence-corrected chi connectivity index (χ1v) is 11.5. The maximum atomic E-state index is 12.7. The van der Waals surface area contributed by atoms with Crippen molar-refractivity contribution < 1.29 is 18.1 Å². The summed E-state index contributed by atoms with van der Waals surface area (Å²) in [5, 5.41) is 13.7. The first kappa shape index (κ1) is 20.9. The smallest absolute Gasteiger partial charge is 0.271 e. The third-order valence-electron chi connectivity index (χ3n) is 4.66. The van der Waals surface area contributed by atoms with Crippen molar-refractivity contribution in [1.82, 2.24) is 4.31 Å². The number of carbonyl (C=O) groups is 1. The fraction of sp³-hybridized carbons (Fsp3) is 0.353. The predicted molar refractivity (Wildman–Crippen MR) is 110 cm³/mol. The monoisotopic (exact) mass is 487 g/mol. The summed E-state index contributed by atoms with van der Waals surface area (Å²) in [6.07, 6.45) is 0.789.